The van der Waals surface area contributed by atoms with Gasteiger partial charge in [-0.05, 0) is 30.5 Å². The van der Waals surface area contributed by atoms with Crippen LogP contribution in [0.25, 0.3) is 0 Å². The Morgan fingerprint density at radius 3 is 2.67 bits per heavy atom. The van der Waals surface area contributed by atoms with Crippen molar-refractivity contribution in [2.24, 2.45) is 5.92 Å². The fourth-order valence-electron chi connectivity index (χ4n) is 2.46. The van der Waals surface area contributed by atoms with Crippen molar-refractivity contribution in [1.29, 1.82) is 0 Å². The van der Waals surface area contributed by atoms with Crippen LogP contribution < -0.4 is 9.62 Å². The maximum atomic E-state index is 11.9. The van der Waals surface area contributed by atoms with Crippen molar-refractivity contribution in [1.82, 2.24) is 0 Å². The summed E-state index contributed by atoms with van der Waals surface area (Å²) < 4.78 is 30.0. The highest BCUT2D eigenvalue weighted by atomic mass is 32.2. The minimum Gasteiger partial charge on any atom is -0.455 e. The van der Waals surface area contributed by atoms with Gasteiger partial charge < -0.3 is 10.1 Å². The van der Waals surface area contributed by atoms with Gasteiger partial charge in [0.1, 0.15) is 0 Å². The number of rotatable bonds is 5. The third kappa shape index (κ3) is 4.47. The lowest BCUT2D eigenvalue weighted by Crippen LogP contribution is -2.34. The topological polar surface area (TPSA) is 92.8 Å². The van der Waals surface area contributed by atoms with Gasteiger partial charge in [-0.1, -0.05) is 19.9 Å². The first-order chi connectivity index (χ1) is 11.2. The van der Waals surface area contributed by atoms with Crippen molar-refractivity contribution in [3.63, 3.8) is 0 Å². The number of amides is 1. The maximum absolute atomic E-state index is 11.9. The molecule has 2 rings (SSSR count). The summed E-state index contributed by atoms with van der Waals surface area (Å²) in [4.78, 5) is 23.2. The first-order valence-corrected chi connectivity index (χ1v) is 9.60. The molecule has 1 aliphatic rings. The zero-order valence-electron chi connectivity index (χ0n) is 14.0. The van der Waals surface area contributed by atoms with Gasteiger partial charge >= 0.3 is 5.97 Å². The average molecular weight is 354 g/mol. The van der Waals surface area contributed by atoms with Crippen LogP contribution in [0, 0.1) is 5.92 Å². The highest BCUT2D eigenvalue weighted by Gasteiger charge is 2.24. The van der Waals surface area contributed by atoms with Crippen molar-refractivity contribution in [2.75, 3.05) is 29.0 Å². The summed E-state index contributed by atoms with van der Waals surface area (Å²) >= 11 is 0. The molecule has 24 heavy (non-hydrogen) atoms. The van der Waals surface area contributed by atoms with Crippen LogP contribution in [-0.4, -0.2) is 39.7 Å². The van der Waals surface area contributed by atoms with E-state index in [2.05, 4.69) is 5.32 Å². The van der Waals surface area contributed by atoms with Gasteiger partial charge in [0.15, 0.2) is 6.61 Å². The summed E-state index contributed by atoms with van der Waals surface area (Å²) in [5.74, 6) is -1.21. The molecule has 0 aliphatic carbocycles. The zero-order chi connectivity index (χ0) is 17.9. The third-order valence-corrected chi connectivity index (χ3v) is 4.84. The zero-order valence-corrected chi connectivity index (χ0v) is 14.9. The van der Waals surface area contributed by atoms with Crippen molar-refractivity contribution in [2.45, 2.75) is 26.7 Å². The Balaban J connectivity index is 2.10. The van der Waals surface area contributed by atoms with Crippen molar-refractivity contribution < 1.29 is 22.7 Å². The minimum atomic E-state index is -3.36. The molecule has 1 amide bonds. The molecule has 0 atom stereocenters. The lowest BCUT2D eigenvalue weighted by atomic mass is 10.0. The van der Waals surface area contributed by atoms with Gasteiger partial charge in [-0.25, -0.2) is 8.42 Å². The van der Waals surface area contributed by atoms with Gasteiger partial charge in [-0.3, -0.25) is 13.9 Å². The van der Waals surface area contributed by atoms with E-state index in [1.807, 2.05) is 6.07 Å². The summed E-state index contributed by atoms with van der Waals surface area (Å²) in [5.41, 5.74) is 1.98. The van der Waals surface area contributed by atoms with E-state index in [1.165, 1.54) is 10.6 Å². The fraction of sp³-hybridized carbons (Fsp3) is 0.500. The molecule has 0 aromatic heterocycles. The molecule has 0 unspecified atom stereocenters. The number of esters is 1. The summed E-state index contributed by atoms with van der Waals surface area (Å²) in [6.07, 6.45) is 2.72. The molecule has 0 bridgehead atoms. The Hall–Kier alpha value is -2.09. The molecule has 0 spiro atoms. The standard InChI is InChI=1S/C16H22N2O5S/c1-11(2)16(20)23-10-15(19)17-13-7-6-12-5-4-8-18(14(12)9-13)24(3,21)22/h6-7,9,11H,4-5,8,10H2,1-3H3,(H,17,19). The van der Waals surface area contributed by atoms with Gasteiger partial charge in [0.05, 0.1) is 17.9 Å². The van der Waals surface area contributed by atoms with Crippen molar-refractivity contribution in [3.8, 4) is 0 Å². The number of hydrogen-bond donors (Lipinski definition) is 1. The molecule has 0 saturated carbocycles. The minimum absolute atomic E-state index is 0.301. The molecule has 0 radical (unpaired) electrons. The lowest BCUT2D eigenvalue weighted by molar-refractivity contribution is -0.150. The number of hydrogen-bond acceptors (Lipinski definition) is 5. The van der Waals surface area contributed by atoms with E-state index in [0.717, 1.165) is 18.4 Å². The molecular formula is C16H22N2O5S. The smallest absolute Gasteiger partial charge is 0.308 e. The second-order valence-corrected chi connectivity index (χ2v) is 8.00. The van der Waals surface area contributed by atoms with E-state index >= 15 is 0 Å². The molecule has 1 heterocycles. The van der Waals surface area contributed by atoms with Gasteiger partial charge in [0.2, 0.25) is 10.0 Å². The number of sulfonamides is 1. The van der Waals surface area contributed by atoms with Crippen LogP contribution in [0.5, 0.6) is 0 Å². The SMILES string of the molecule is CC(C)C(=O)OCC(=O)Nc1ccc2c(c1)N(S(C)(=O)=O)CCC2. The number of benzene rings is 1. The maximum Gasteiger partial charge on any atom is 0.308 e. The molecule has 0 saturated heterocycles. The molecule has 1 N–H and O–H groups in total. The number of ether oxygens (including phenoxy) is 1. The second-order valence-electron chi connectivity index (χ2n) is 6.09. The molecule has 1 aliphatic heterocycles. The highest BCUT2D eigenvalue weighted by molar-refractivity contribution is 7.92. The molecular weight excluding hydrogens is 332 g/mol. The normalized spacial score (nSPS) is 14.2. The number of nitrogens with one attached hydrogen (secondary N) is 1. The van der Waals surface area contributed by atoms with E-state index in [0.29, 0.717) is 17.9 Å². The Bertz CT molecular complexity index is 743. The van der Waals surface area contributed by atoms with Crippen molar-refractivity contribution >= 4 is 33.3 Å². The van der Waals surface area contributed by atoms with E-state index in [9.17, 15) is 18.0 Å². The van der Waals surface area contributed by atoms with Crippen molar-refractivity contribution in [3.05, 3.63) is 23.8 Å². The molecule has 8 heteroatoms. The fourth-order valence-corrected chi connectivity index (χ4v) is 3.45. The quantitative estimate of drug-likeness (QED) is 0.810. The first-order valence-electron chi connectivity index (χ1n) is 7.75. The van der Waals surface area contributed by atoms with Gasteiger partial charge in [0, 0.05) is 12.2 Å². The molecule has 1 aromatic carbocycles. The van der Waals surface area contributed by atoms with E-state index in [-0.39, 0.29) is 12.5 Å². The Kier molecular flexibility index (Phi) is 5.48. The van der Waals surface area contributed by atoms with Gasteiger partial charge in [-0.15, -0.1) is 0 Å². The van der Waals surface area contributed by atoms with Crippen LogP contribution in [0.15, 0.2) is 18.2 Å². The third-order valence-electron chi connectivity index (χ3n) is 3.66. The number of anilines is 2. The predicted octanol–water partition coefficient (Wildman–Crippen LogP) is 1.54. The van der Waals surface area contributed by atoms with Gasteiger partial charge in [0.25, 0.3) is 5.91 Å². The van der Waals surface area contributed by atoms with Crippen LogP contribution in [0.4, 0.5) is 11.4 Å². The molecule has 1 aromatic rings. The van der Waals surface area contributed by atoms with Crippen LogP contribution in [0.2, 0.25) is 0 Å². The monoisotopic (exact) mass is 354 g/mol. The number of fused-ring (bicyclic) bond motifs is 1. The Labute approximate surface area is 142 Å². The second kappa shape index (κ2) is 7.21. The molecule has 7 nitrogen and oxygen atoms in total. The average Bonchev–Trinajstić information content (AvgIpc) is 2.50. The van der Waals surface area contributed by atoms with E-state index in [1.54, 1.807) is 26.0 Å². The summed E-state index contributed by atoms with van der Waals surface area (Å²) in [5, 5.41) is 2.62. The molecule has 132 valence electrons. The number of nitrogens with zero attached hydrogens (tertiary/aromatic N) is 1. The molecule has 0 fully saturated rings. The largest absolute Gasteiger partial charge is 0.455 e. The number of carbonyl (C=O) groups excluding carboxylic acids is 2. The Morgan fingerprint density at radius 1 is 1.33 bits per heavy atom. The van der Waals surface area contributed by atoms with E-state index in [4.69, 9.17) is 4.74 Å². The number of aryl methyl sites for hydroxylation is 1. The Morgan fingerprint density at radius 2 is 2.04 bits per heavy atom. The first kappa shape index (κ1) is 18.3. The van der Waals surface area contributed by atoms with Gasteiger partial charge in [-0.2, -0.15) is 0 Å². The summed E-state index contributed by atoms with van der Waals surface area (Å²) in [7, 11) is -3.36. The van der Waals surface area contributed by atoms with Crippen LogP contribution in [0.1, 0.15) is 25.8 Å². The van der Waals surface area contributed by atoms with E-state index < -0.39 is 21.9 Å². The van der Waals surface area contributed by atoms with Crippen LogP contribution in [-0.2, 0) is 30.8 Å². The lowest BCUT2D eigenvalue weighted by Gasteiger charge is -2.29. The number of carbonyl (C=O) groups is 2. The summed E-state index contributed by atoms with van der Waals surface area (Å²) in [6, 6.07) is 5.16. The van der Waals surface area contributed by atoms with Crippen LogP contribution >= 0.6 is 0 Å². The van der Waals surface area contributed by atoms with Crippen LogP contribution in [0.3, 0.4) is 0 Å². The highest BCUT2D eigenvalue weighted by Crippen LogP contribution is 2.31. The summed E-state index contributed by atoms with van der Waals surface area (Å²) in [6.45, 7) is 3.42. The predicted molar refractivity (Wildman–Crippen MR) is 91.4 cm³/mol.